The maximum atomic E-state index is 13.6. The van der Waals surface area contributed by atoms with Gasteiger partial charge in [0, 0.05) is 22.8 Å². The van der Waals surface area contributed by atoms with Crippen LogP contribution in [-0.4, -0.2) is 41.4 Å². The molecule has 2 aromatic heterocycles. The van der Waals surface area contributed by atoms with E-state index < -0.39 is 23.5 Å². The van der Waals surface area contributed by atoms with Gasteiger partial charge in [-0.2, -0.15) is 0 Å². The number of pyridine rings is 1. The van der Waals surface area contributed by atoms with Crippen LogP contribution in [0.5, 0.6) is 0 Å². The molecule has 0 amide bonds. The van der Waals surface area contributed by atoms with Gasteiger partial charge in [-0.15, -0.1) is 0 Å². The Balaban J connectivity index is 1.69. The number of esters is 2. The maximum absolute atomic E-state index is 13.6. The van der Waals surface area contributed by atoms with Crippen molar-refractivity contribution in [1.82, 2.24) is 9.55 Å². The van der Waals surface area contributed by atoms with E-state index >= 15 is 0 Å². The average molecular weight is 455 g/mol. The second kappa shape index (κ2) is 7.15. The van der Waals surface area contributed by atoms with Crippen LogP contribution in [0.1, 0.15) is 33.4 Å². The Morgan fingerprint density at radius 2 is 1.82 bits per heavy atom. The summed E-state index contributed by atoms with van der Waals surface area (Å²) in [6.45, 7) is 2.25. The van der Waals surface area contributed by atoms with Crippen LogP contribution in [-0.2, 0) is 25.7 Å². The Bertz CT molecular complexity index is 1540. The summed E-state index contributed by atoms with van der Waals surface area (Å²) in [4.78, 5) is 36.6. The van der Waals surface area contributed by atoms with Crippen LogP contribution in [0.25, 0.3) is 21.8 Å². The second-order valence-corrected chi connectivity index (χ2v) is 8.65. The Hall–Kier alpha value is -4.20. The summed E-state index contributed by atoms with van der Waals surface area (Å²) in [6, 6.07) is 17.4. The first-order valence-electron chi connectivity index (χ1n) is 10.9. The second-order valence-electron chi connectivity index (χ2n) is 8.65. The number of hydrogen-bond donors (Lipinski definition) is 0. The Kier molecular flexibility index (Phi) is 4.29. The minimum absolute atomic E-state index is 0.134. The number of benzene rings is 2. The molecule has 0 saturated carbocycles. The highest BCUT2D eigenvalue weighted by molar-refractivity contribution is 6.25. The van der Waals surface area contributed by atoms with Crippen LogP contribution < -0.4 is 0 Å². The zero-order valence-electron chi connectivity index (χ0n) is 18.9. The first kappa shape index (κ1) is 20.4. The molecule has 2 aromatic carbocycles. The lowest BCUT2D eigenvalue weighted by Crippen LogP contribution is -2.48. The van der Waals surface area contributed by atoms with E-state index in [0.717, 1.165) is 32.9 Å². The monoisotopic (exact) mass is 455 g/mol. The first-order valence-corrected chi connectivity index (χ1v) is 10.9. The molecule has 0 N–H and O–H groups in total. The minimum Gasteiger partial charge on any atom is -0.468 e. The molecule has 4 aromatic rings. The normalized spacial score (nSPS) is 20.6. The Morgan fingerprint density at radius 1 is 1.06 bits per heavy atom. The van der Waals surface area contributed by atoms with Gasteiger partial charge in [-0.3, -0.25) is 4.79 Å². The van der Waals surface area contributed by atoms with Gasteiger partial charge in [0.1, 0.15) is 17.1 Å². The van der Waals surface area contributed by atoms with Gasteiger partial charge in [0.25, 0.3) is 0 Å². The number of rotatable bonds is 3. The summed E-state index contributed by atoms with van der Waals surface area (Å²) >= 11 is 0. The lowest BCUT2D eigenvalue weighted by Gasteiger charge is -2.35. The van der Waals surface area contributed by atoms with E-state index in [-0.39, 0.29) is 12.2 Å². The van der Waals surface area contributed by atoms with Gasteiger partial charge in [-0.1, -0.05) is 53.2 Å². The standard InChI is InChI=1S/C26H21N3O5/c1-14-8-10-15(11-9-14)23-26(25(31)33-3)13-29-19-7-5-4-6-16(19)17-12-18(24(30)32-2)27-20(21(17)29)22(26)28-34-23/h4-12,23H,13H2,1-3H3. The lowest BCUT2D eigenvalue weighted by molar-refractivity contribution is -0.155. The van der Waals surface area contributed by atoms with Gasteiger partial charge >= 0.3 is 11.9 Å². The SMILES string of the molecule is COC(=O)c1cc2c3ccccc3n3c2c(n1)C1=NOC(c2ccc(C)cc2)C1(C(=O)OC)C3. The van der Waals surface area contributed by atoms with Crippen molar-refractivity contribution in [3.05, 3.63) is 77.1 Å². The van der Waals surface area contributed by atoms with Crippen LogP contribution in [0.3, 0.4) is 0 Å². The van der Waals surface area contributed by atoms with Crippen molar-refractivity contribution in [2.45, 2.75) is 19.6 Å². The molecular formula is C26H21N3O5. The lowest BCUT2D eigenvalue weighted by atomic mass is 9.72. The summed E-state index contributed by atoms with van der Waals surface area (Å²) in [7, 11) is 2.67. The van der Waals surface area contributed by atoms with Crippen molar-refractivity contribution in [3.63, 3.8) is 0 Å². The highest BCUT2D eigenvalue weighted by Crippen LogP contribution is 2.52. The molecule has 0 spiro atoms. The number of oxime groups is 1. The van der Waals surface area contributed by atoms with Crippen LogP contribution in [0.2, 0.25) is 0 Å². The van der Waals surface area contributed by atoms with Crippen molar-refractivity contribution in [2.75, 3.05) is 14.2 Å². The predicted molar refractivity (Wildman–Crippen MR) is 125 cm³/mol. The number of nitrogens with zero attached hydrogens (tertiary/aromatic N) is 3. The topological polar surface area (TPSA) is 92.0 Å². The van der Waals surface area contributed by atoms with Gasteiger partial charge in [0.15, 0.2) is 11.5 Å². The quantitative estimate of drug-likeness (QED) is 0.435. The van der Waals surface area contributed by atoms with Crippen molar-refractivity contribution in [3.8, 4) is 0 Å². The molecular weight excluding hydrogens is 434 g/mol. The Labute approximate surface area is 194 Å². The Morgan fingerprint density at radius 3 is 2.56 bits per heavy atom. The van der Waals surface area contributed by atoms with Crippen molar-refractivity contribution in [1.29, 1.82) is 0 Å². The van der Waals surface area contributed by atoms with Crippen LogP contribution in [0.15, 0.2) is 59.8 Å². The summed E-state index contributed by atoms with van der Waals surface area (Å²) in [6.07, 6.45) is -0.719. The molecule has 2 unspecified atom stereocenters. The van der Waals surface area contributed by atoms with Crippen LogP contribution in [0.4, 0.5) is 0 Å². The molecule has 2 aliphatic rings. The van der Waals surface area contributed by atoms with Crippen molar-refractivity contribution >= 4 is 39.5 Å². The van der Waals surface area contributed by atoms with E-state index in [1.807, 2.05) is 55.5 Å². The summed E-state index contributed by atoms with van der Waals surface area (Å²) < 4.78 is 12.3. The summed E-state index contributed by atoms with van der Waals surface area (Å²) in [5.74, 6) is -1.05. The fraction of sp³-hybridized carbons (Fsp3) is 0.231. The van der Waals surface area contributed by atoms with E-state index in [4.69, 9.17) is 14.3 Å². The van der Waals surface area contributed by atoms with Crippen molar-refractivity contribution < 1.29 is 23.9 Å². The zero-order chi connectivity index (χ0) is 23.6. The number of para-hydroxylation sites is 1. The smallest absolute Gasteiger partial charge is 0.356 e. The molecule has 170 valence electrons. The van der Waals surface area contributed by atoms with E-state index in [1.165, 1.54) is 14.2 Å². The van der Waals surface area contributed by atoms with E-state index in [1.54, 1.807) is 6.07 Å². The number of methoxy groups -OCH3 is 2. The third kappa shape index (κ3) is 2.53. The van der Waals surface area contributed by atoms with E-state index in [9.17, 15) is 9.59 Å². The molecule has 0 aliphatic carbocycles. The maximum Gasteiger partial charge on any atom is 0.356 e. The molecule has 2 aliphatic heterocycles. The van der Waals surface area contributed by atoms with Crippen LogP contribution >= 0.6 is 0 Å². The zero-order valence-corrected chi connectivity index (χ0v) is 18.9. The molecule has 0 radical (unpaired) electrons. The van der Waals surface area contributed by atoms with Gasteiger partial charge in [-0.05, 0) is 24.6 Å². The highest BCUT2D eigenvalue weighted by atomic mass is 16.6. The fourth-order valence-corrected chi connectivity index (χ4v) is 5.21. The molecule has 4 heterocycles. The largest absolute Gasteiger partial charge is 0.468 e. The third-order valence-electron chi connectivity index (χ3n) is 6.82. The first-order chi connectivity index (χ1) is 16.5. The minimum atomic E-state index is -1.28. The summed E-state index contributed by atoms with van der Waals surface area (Å²) in [5, 5.41) is 6.17. The molecule has 34 heavy (non-hydrogen) atoms. The molecule has 8 nitrogen and oxygen atoms in total. The number of hydrogen-bond acceptors (Lipinski definition) is 7. The average Bonchev–Trinajstić information content (AvgIpc) is 3.42. The molecule has 0 fully saturated rings. The fourth-order valence-electron chi connectivity index (χ4n) is 5.21. The highest BCUT2D eigenvalue weighted by Gasteiger charge is 2.61. The number of aryl methyl sites for hydroxylation is 1. The number of carbonyl (C=O) groups is 2. The number of ether oxygens (including phenoxy) is 2. The number of aromatic nitrogens is 2. The van der Waals surface area contributed by atoms with Gasteiger partial charge in [0.2, 0.25) is 0 Å². The number of carbonyl (C=O) groups excluding carboxylic acids is 2. The molecule has 8 heteroatoms. The van der Waals surface area contributed by atoms with Crippen molar-refractivity contribution in [2.24, 2.45) is 10.6 Å². The van der Waals surface area contributed by atoms with Gasteiger partial charge < -0.3 is 18.9 Å². The predicted octanol–water partition coefficient (Wildman–Crippen LogP) is 3.93. The molecule has 6 rings (SSSR count). The molecule has 2 atom stereocenters. The summed E-state index contributed by atoms with van der Waals surface area (Å²) in [5.41, 5.74) is 3.22. The van der Waals surface area contributed by atoms with Crippen LogP contribution in [0, 0.1) is 12.3 Å². The molecule has 0 saturated heterocycles. The van der Waals surface area contributed by atoms with Gasteiger partial charge in [0.05, 0.1) is 19.7 Å². The number of fused-ring (bicyclic) bond motifs is 5. The molecule has 0 bridgehead atoms. The van der Waals surface area contributed by atoms with Gasteiger partial charge in [-0.25, -0.2) is 9.78 Å². The third-order valence-corrected chi connectivity index (χ3v) is 6.82. The van der Waals surface area contributed by atoms with E-state index in [2.05, 4.69) is 14.7 Å². The van der Waals surface area contributed by atoms with E-state index in [0.29, 0.717) is 11.4 Å².